The molecular formula is C11H18N2O2. The van der Waals surface area contributed by atoms with Gasteiger partial charge in [-0.15, -0.1) is 6.58 Å². The van der Waals surface area contributed by atoms with Gasteiger partial charge >= 0.3 is 0 Å². The summed E-state index contributed by atoms with van der Waals surface area (Å²) in [7, 11) is 0. The van der Waals surface area contributed by atoms with Crippen molar-refractivity contribution in [2.75, 3.05) is 6.54 Å². The quantitative estimate of drug-likeness (QED) is 0.691. The Morgan fingerprint density at radius 3 is 2.60 bits per heavy atom. The number of carbonyl (C=O) groups excluding carboxylic acids is 2. The number of amides is 2. The third-order valence-corrected chi connectivity index (χ3v) is 2.69. The van der Waals surface area contributed by atoms with Crippen molar-refractivity contribution in [3.05, 3.63) is 12.7 Å². The van der Waals surface area contributed by atoms with Gasteiger partial charge in [-0.25, -0.2) is 0 Å². The highest BCUT2D eigenvalue weighted by Gasteiger charge is 2.38. The maximum Gasteiger partial charge on any atom is 0.246 e. The standard InChI is InChI=1S/C11H18N2O2/c1-5-6-13-8(4)10(14)12-9(7(2)3)11(13)15/h5,7-9H,1,6H2,2-4H3,(H,12,14). The van der Waals surface area contributed by atoms with Crippen LogP contribution in [0.15, 0.2) is 12.7 Å². The summed E-state index contributed by atoms with van der Waals surface area (Å²) in [6, 6.07) is -0.792. The topological polar surface area (TPSA) is 49.4 Å². The second kappa shape index (κ2) is 4.47. The van der Waals surface area contributed by atoms with Crippen LogP contribution in [-0.4, -0.2) is 35.3 Å². The molecule has 1 saturated heterocycles. The average Bonchev–Trinajstić information content (AvgIpc) is 2.18. The van der Waals surface area contributed by atoms with Gasteiger partial charge in [0.2, 0.25) is 11.8 Å². The highest BCUT2D eigenvalue weighted by Crippen LogP contribution is 2.14. The number of piperazine rings is 1. The van der Waals surface area contributed by atoms with Crippen LogP contribution in [0.2, 0.25) is 0 Å². The summed E-state index contributed by atoms with van der Waals surface area (Å²) in [5.74, 6) is 0.00779. The van der Waals surface area contributed by atoms with Crippen molar-refractivity contribution in [3.8, 4) is 0 Å². The van der Waals surface area contributed by atoms with Crippen molar-refractivity contribution < 1.29 is 9.59 Å². The zero-order valence-electron chi connectivity index (χ0n) is 9.49. The van der Waals surface area contributed by atoms with Crippen LogP contribution in [0.25, 0.3) is 0 Å². The minimum Gasteiger partial charge on any atom is -0.342 e. The van der Waals surface area contributed by atoms with Gasteiger partial charge in [-0.1, -0.05) is 19.9 Å². The Morgan fingerprint density at radius 2 is 2.13 bits per heavy atom. The molecule has 1 aliphatic heterocycles. The fourth-order valence-corrected chi connectivity index (χ4v) is 1.69. The van der Waals surface area contributed by atoms with E-state index in [0.717, 1.165) is 0 Å². The lowest BCUT2D eigenvalue weighted by molar-refractivity contribution is -0.149. The molecule has 1 aliphatic rings. The number of hydrogen-bond donors (Lipinski definition) is 1. The first-order valence-electron chi connectivity index (χ1n) is 5.20. The van der Waals surface area contributed by atoms with Gasteiger partial charge in [-0.05, 0) is 12.8 Å². The van der Waals surface area contributed by atoms with Crippen LogP contribution in [0.3, 0.4) is 0 Å². The molecule has 2 unspecified atom stereocenters. The van der Waals surface area contributed by atoms with Gasteiger partial charge in [0, 0.05) is 6.54 Å². The summed E-state index contributed by atoms with van der Waals surface area (Å²) in [5, 5.41) is 2.74. The highest BCUT2D eigenvalue weighted by atomic mass is 16.2. The van der Waals surface area contributed by atoms with Gasteiger partial charge in [0.05, 0.1) is 0 Å². The fourth-order valence-electron chi connectivity index (χ4n) is 1.69. The summed E-state index contributed by atoms with van der Waals surface area (Å²) >= 11 is 0. The first-order chi connectivity index (χ1) is 6.99. The second-order valence-corrected chi connectivity index (χ2v) is 4.19. The Bertz CT molecular complexity index is 286. The number of nitrogens with zero attached hydrogens (tertiary/aromatic N) is 1. The minimum atomic E-state index is -0.398. The SMILES string of the molecule is C=CCN1C(=O)C(C(C)C)NC(=O)C1C. The van der Waals surface area contributed by atoms with Gasteiger partial charge in [0.1, 0.15) is 12.1 Å². The summed E-state index contributed by atoms with van der Waals surface area (Å²) < 4.78 is 0. The van der Waals surface area contributed by atoms with Gasteiger partial charge in [-0.2, -0.15) is 0 Å². The van der Waals surface area contributed by atoms with Crippen LogP contribution in [0, 0.1) is 5.92 Å². The van der Waals surface area contributed by atoms with Gasteiger partial charge in [-0.3, -0.25) is 9.59 Å². The molecule has 1 heterocycles. The maximum atomic E-state index is 12.0. The number of rotatable bonds is 3. The lowest BCUT2D eigenvalue weighted by atomic mass is 9.98. The third kappa shape index (κ3) is 2.19. The third-order valence-electron chi connectivity index (χ3n) is 2.69. The van der Waals surface area contributed by atoms with E-state index in [2.05, 4.69) is 11.9 Å². The van der Waals surface area contributed by atoms with Crippen LogP contribution < -0.4 is 5.32 Å². The monoisotopic (exact) mass is 210 g/mol. The molecule has 0 aromatic carbocycles. The van der Waals surface area contributed by atoms with E-state index in [0.29, 0.717) is 6.54 Å². The molecule has 0 radical (unpaired) electrons. The molecule has 2 amide bonds. The molecule has 1 fully saturated rings. The zero-order valence-corrected chi connectivity index (χ0v) is 9.49. The molecule has 4 heteroatoms. The molecule has 2 atom stereocenters. The Hall–Kier alpha value is -1.32. The van der Waals surface area contributed by atoms with Crippen molar-refractivity contribution in [1.29, 1.82) is 0 Å². The van der Waals surface area contributed by atoms with E-state index in [-0.39, 0.29) is 17.7 Å². The predicted octanol–water partition coefficient (Wildman–Crippen LogP) is 0.544. The average molecular weight is 210 g/mol. The number of nitrogens with one attached hydrogen (secondary N) is 1. The van der Waals surface area contributed by atoms with Crippen molar-refractivity contribution in [2.45, 2.75) is 32.9 Å². The smallest absolute Gasteiger partial charge is 0.246 e. The molecule has 0 bridgehead atoms. The molecule has 0 saturated carbocycles. The molecule has 0 spiro atoms. The first kappa shape index (κ1) is 11.8. The lowest BCUT2D eigenvalue weighted by Gasteiger charge is -2.38. The van der Waals surface area contributed by atoms with Crippen LogP contribution in [-0.2, 0) is 9.59 Å². The van der Waals surface area contributed by atoms with E-state index >= 15 is 0 Å². The van der Waals surface area contributed by atoms with Gasteiger partial charge in [0.25, 0.3) is 0 Å². The van der Waals surface area contributed by atoms with Crippen LogP contribution >= 0.6 is 0 Å². The molecule has 1 rings (SSSR count). The Balaban J connectivity index is 2.88. The Morgan fingerprint density at radius 1 is 1.53 bits per heavy atom. The number of hydrogen-bond acceptors (Lipinski definition) is 2. The normalized spacial score (nSPS) is 26.8. The Kier molecular flexibility index (Phi) is 3.50. The van der Waals surface area contributed by atoms with Crippen LogP contribution in [0.1, 0.15) is 20.8 Å². The van der Waals surface area contributed by atoms with Crippen molar-refractivity contribution >= 4 is 11.8 Å². The van der Waals surface area contributed by atoms with Crippen molar-refractivity contribution in [3.63, 3.8) is 0 Å². The molecule has 4 nitrogen and oxygen atoms in total. The van der Waals surface area contributed by atoms with E-state index in [1.807, 2.05) is 13.8 Å². The molecule has 15 heavy (non-hydrogen) atoms. The first-order valence-corrected chi connectivity index (χ1v) is 5.20. The highest BCUT2D eigenvalue weighted by molar-refractivity contribution is 5.96. The van der Waals surface area contributed by atoms with Gasteiger partial charge in [0.15, 0.2) is 0 Å². The minimum absolute atomic E-state index is 0.0167. The second-order valence-electron chi connectivity index (χ2n) is 4.19. The summed E-state index contributed by atoms with van der Waals surface area (Å²) in [6.45, 7) is 9.59. The predicted molar refractivity (Wildman–Crippen MR) is 58.1 cm³/mol. The van der Waals surface area contributed by atoms with Crippen LogP contribution in [0.4, 0.5) is 0 Å². The Labute approximate surface area is 90.3 Å². The molecular weight excluding hydrogens is 192 g/mol. The van der Waals surface area contributed by atoms with Gasteiger partial charge < -0.3 is 10.2 Å². The fraction of sp³-hybridized carbons (Fsp3) is 0.636. The summed E-state index contributed by atoms with van der Waals surface area (Å²) in [6.07, 6.45) is 1.64. The van der Waals surface area contributed by atoms with E-state index in [1.54, 1.807) is 17.9 Å². The van der Waals surface area contributed by atoms with E-state index in [9.17, 15) is 9.59 Å². The van der Waals surface area contributed by atoms with Crippen molar-refractivity contribution in [2.24, 2.45) is 5.92 Å². The summed E-state index contributed by atoms with van der Waals surface area (Å²) in [5.41, 5.74) is 0. The van der Waals surface area contributed by atoms with E-state index in [4.69, 9.17) is 0 Å². The lowest BCUT2D eigenvalue weighted by Crippen LogP contribution is -2.63. The molecule has 84 valence electrons. The van der Waals surface area contributed by atoms with E-state index < -0.39 is 12.1 Å². The summed E-state index contributed by atoms with van der Waals surface area (Å²) in [4.78, 5) is 25.1. The van der Waals surface area contributed by atoms with E-state index in [1.165, 1.54) is 0 Å². The maximum absolute atomic E-state index is 12.0. The number of carbonyl (C=O) groups is 2. The molecule has 0 aromatic rings. The zero-order chi connectivity index (χ0) is 11.6. The van der Waals surface area contributed by atoms with Crippen LogP contribution in [0.5, 0.6) is 0 Å². The molecule has 1 N–H and O–H groups in total. The largest absolute Gasteiger partial charge is 0.342 e. The molecule has 0 aromatic heterocycles. The molecule has 0 aliphatic carbocycles. The van der Waals surface area contributed by atoms with Crippen molar-refractivity contribution in [1.82, 2.24) is 10.2 Å².